The van der Waals surface area contributed by atoms with E-state index in [1.54, 1.807) is 6.92 Å². The summed E-state index contributed by atoms with van der Waals surface area (Å²) in [6.45, 7) is 7.01. The predicted octanol–water partition coefficient (Wildman–Crippen LogP) is 6.52. The number of benzene rings is 3. The predicted molar refractivity (Wildman–Crippen MR) is 157 cm³/mol. The van der Waals surface area contributed by atoms with Crippen molar-refractivity contribution in [3.8, 4) is 0 Å². The Morgan fingerprint density at radius 1 is 0.895 bits per heavy atom. The van der Waals surface area contributed by atoms with Gasteiger partial charge >= 0.3 is 0 Å². The van der Waals surface area contributed by atoms with E-state index >= 15 is 0 Å². The molecular formula is C31H36N6O. The van der Waals surface area contributed by atoms with Crippen molar-refractivity contribution in [2.45, 2.75) is 39.5 Å². The number of unbranched alkanes of at least 4 members (excludes halogenated alkanes) is 2. The number of nitrogens with one attached hydrogen (secondary N) is 2. The zero-order chi connectivity index (χ0) is 26.3. The molecule has 0 unspecified atom stereocenters. The highest BCUT2D eigenvalue weighted by Gasteiger charge is 2.19. The molecule has 5 rings (SSSR count). The molecule has 1 aromatic heterocycles. The first-order valence-electron chi connectivity index (χ1n) is 13.6. The van der Waals surface area contributed by atoms with E-state index in [2.05, 4.69) is 69.9 Å². The summed E-state index contributed by atoms with van der Waals surface area (Å²) in [6.07, 6.45) is 6.73. The van der Waals surface area contributed by atoms with E-state index in [0.29, 0.717) is 5.95 Å². The van der Waals surface area contributed by atoms with Gasteiger partial charge < -0.3 is 20.4 Å². The molecule has 196 valence electrons. The Hall–Kier alpha value is -4.13. The third kappa shape index (κ3) is 6.22. The molecule has 7 nitrogen and oxygen atoms in total. The summed E-state index contributed by atoms with van der Waals surface area (Å²) in [6, 6.07) is 23.1. The molecule has 4 aromatic rings. The highest BCUT2D eigenvalue weighted by Crippen LogP contribution is 2.28. The van der Waals surface area contributed by atoms with E-state index in [-0.39, 0.29) is 5.91 Å². The summed E-state index contributed by atoms with van der Waals surface area (Å²) < 4.78 is 0. The third-order valence-corrected chi connectivity index (χ3v) is 7.11. The van der Waals surface area contributed by atoms with E-state index < -0.39 is 0 Å². The minimum absolute atomic E-state index is 0.141. The van der Waals surface area contributed by atoms with Crippen molar-refractivity contribution in [1.29, 1.82) is 0 Å². The second-order valence-corrected chi connectivity index (χ2v) is 9.88. The van der Waals surface area contributed by atoms with Crippen LogP contribution in [0, 0.1) is 0 Å². The molecule has 1 amide bonds. The molecule has 0 aliphatic carbocycles. The van der Waals surface area contributed by atoms with Gasteiger partial charge in [0.25, 0.3) is 0 Å². The van der Waals surface area contributed by atoms with Crippen LogP contribution >= 0.6 is 0 Å². The normalized spacial score (nSPS) is 13.5. The van der Waals surface area contributed by atoms with Crippen molar-refractivity contribution < 1.29 is 4.79 Å². The molecule has 0 saturated carbocycles. The van der Waals surface area contributed by atoms with E-state index in [1.165, 1.54) is 24.8 Å². The fourth-order valence-corrected chi connectivity index (χ4v) is 4.90. The molecule has 2 heterocycles. The molecule has 7 heteroatoms. The second kappa shape index (κ2) is 11.9. The van der Waals surface area contributed by atoms with Crippen LogP contribution in [0.4, 0.5) is 28.7 Å². The molecule has 0 spiro atoms. The standard InChI is InChI=1S/C31H36N6O/c1-3-4-5-8-24-13-15-26(16-14-24)33-29-12-6-9-25-22-32-31(35-30(25)29)34-27-10-7-11-28(21-27)37-19-17-36(18-20-37)23(2)38/h6-7,9-16,21-22,33H,3-5,8,17-20H2,1-2H3,(H,32,34,35). The van der Waals surface area contributed by atoms with Crippen LogP contribution in [-0.4, -0.2) is 47.0 Å². The maximum absolute atomic E-state index is 11.7. The van der Waals surface area contributed by atoms with Crippen LogP contribution < -0.4 is 15.5 Å². The Morgan fingerprint density at radius 3 is 2.45 bits per heavy atom. The van der Waals surface area contributed by atoms with Gasteiger partial charge in [0.15, 0.2) is 0 Å². The molecular weight excluding hydrogens is 472 g/mol. The van der Waals surface area contributed by atoms with Crippen LogP contribution in [0.25, 0.3) is 10.9 Å². The number of para-hydroxylation sites is 1. The zero-order valence-corrected chi connectivity index (χ0v) is 22.3. The first-order valence-corrected chi connectivity index (χ1v) is 13.6. The summed E-state index contributed by atoms with van der Waals surface area (Å²) in [5.74, 6) is 0.693. The molecule has 0 atom stereocenters. The smallest absolute Gasteiger partial charge is 0.227 e. The lowest BCUT2D eigenvalue weighted by molar-refractivity contribution is -0.129. The molecule has 0 bridgehead atoms. The quantitative estimate of drug-likeness (QED) is 0.251. The molecule has 1 saturated heterocycles. The summed E-state index contributed by atoms with van der Waals surface area (Å²) >= 11 is 0. The number of amides is 1. The van der Waals surface area contributed by atoms with Gasteiger partial charge in [-0.1, -0.05) is 50.1 Å². The Labute approximate surface area is 224 Å². The van der Waals surface area contributed by atoms with Crippen molar-refractivity contribution in [3.05, 3.63) is 78.5 Å². The number of aryl methyl sites for hydroxylation is 1. The van der Waals surface area contributed by atoms with Gasteiger partial charge in [-0.25, -0.2) is 9.97 Å². The lowest BCUT2D eigenvalue weighted by Gasteiger charge is -2.35. The lowest BCUT2D eigenvalue weighted by Crippen LogP contribution is -2.48. The van der Waals surface area contributed by atoms with Crippen LogP contribution in [-0.2, 0) is 11.2 Å². The molecule has 1 fully saturated rings. The van der Waals surface area contributed by atoms with Crippen molar-refractivity contribution in [2.24, 2.45) is 0 Å². The average molecular weight is 509 g/mol. The van der Waals surface area contributed by atoms with Crippen LogP contribution in [0.5, 0.6) is 0 Å². The van der Waals surface area contributed by atoms with E-state index in [4.69, 9.17) is 4.98 Å². The topological polar surface area (TPSA) is 73.4 Å². The van der Waals surface area contributed by atoms with E-state index in [0.717, 1.165) is 66.3 Å². The maximum atomic E-state index is 11.7. The second-order valence-electron chi connectivity index (χ2n) is 9.88. The van der Waals surface area contributed by atoms with Crippen molar-refractivity contribution >= 4 is 45.5 Å². The highest BCUT2D eigenvalue weighted by atomic mass is 16.2. The van der Waals surface area contributed by atoms with Gasteiger partial charge in [0.05, 0.1) is 11.2 Å². The van der Waals surface area contributed by atoms with Gasteiger partial charge in [-0.15, -0.1) is 0 Å². The van der Waals surface area contributed by atoms with Crippen molar-refractivity contribution in [3.63, 3.8) is 0 Å². The number of carbonyl (C=O) groups is 1. The lowest BCUT2D eigenvalue weighted by atomic mass is 10.1. The number of hydrogen-bond donors (Lipinski definition) is 2. The Kier molecular flexibility index (Phi) is 8.02. The Balaban J connectivity index is 1.30. The Morgan fingerprint density at radius 2 is 1.68 bits per heavy atom. The number of rotatable bonds is 9. The number of piperazine rings is 1. The van der Waals surface area contributed by atoms with E-state index in [1.807, 2.05) is 35.4 Å². The van der Waals surface area contributed by atoms with Crippen LogP contribution in [0.1, 0.15) is 38.7 Å². The first-order chi connectivity index (χ1) is 18.6. The monoisotopic (exact) mass is 508 g/mol. The zero-order valence-electron chi connectivity index (χ0n) is 22.3. The third-order valence-electron chi connectivity index (χ3n) is 7.11. The van der Waals surface area contributed by atoms with Gasteiger partial charge in [0, 0.05) is 61.7 Å². The number of aromatic nitrogens is 2. The molecule has 0 radical (unpaired) electrons. The minimum Gasteiger partial charge on any atom is -0.368 e. The summed E-state index contributed by atoms with van der Waals surface area (Å²) in [7, 11) is 0. The number of hydrogen-bond acceptors (Lipinski definition) is 6. The minimum atomic E-state index is 0.141. The van der Waals surface area contributed by atoms with Crippen LogP contribution in [0.2, 0.25) is 0 Å². The fourth-order valence-electron chi connectivity index (χ4n) is 4.90. The average Bonchev–Trinajstić information content (AvgIpc) is 2.95. The van der Waals surface area contributed by atoms with Gasteiger partial charge in [0.2, 0.25) is 11.9 Å². The highest BCUT2D eigenvalue weighted by molar-refractivity contribution is 5.92. The molecule has 2 N–H and O–H groups in total. The molecule has 1 aliphatic heterocycles. The first kappa shape index (κ1) is 25.5. The number of nitrogens with zero attached hydrogens (tertiary/aromatic N) is 4. The van der Waals surface area contributed by atoms with Gasteiger partial charge in [0.1, 0.15) is 0 Å². The SMILES string of the molecule is CCCCCc1ccc(Nc2cccc3cnc(Nc4cccc(N5CCN(C(C)=O)CC5)c4)nc23)cc1. The molecule has 3 aromatic carbocycles. The van der Waals surface area contributed by atoms with Crippen LogP contribution in [0.3, 0.4) is 0 Å². The van der Waals surface area contributed by atoms with Crippen LogP contribution in [0.15, 0.2) is 72.9 Å². The fraction of sp³-hybridized carbons (Fsp3) is 0.323. The van der Waals surface area contributed by atoms with E-state index in [9.17, 15) is 4.79 Å². The van der Waals surface area contributed by atoms with Gasteiger partial charge in [-0.05, 0) is 54.8 Å². The van der Waals surface area contributed by atoms with Crippen molar-refractivity contribution in [2.75, 3.05) is 41.7 Å². The summed E-state index contributed by atoms with van der Waals surface area (Å²) in [4.78, 5) is 25.3. The number of fused-ring (bicyclic) bond motifs is 1. The van der Waals surface area contributed by atoms with Crippen molar-refractivity contribution in [1.82, 2.24) is 14.9 Å². The number of anilines is 5. The van der Waals surface area contributed by atoms with Gasteiger partial charge in [-0.3, -0.25) is 4.79 Å². The molecule has 1 aliphatic rings. The van der Waals surface area contributed by atoms with Gasteiger partial charge in [-0.2, -0.15) is 0 Å². The summed E-state index contributed by atoms with van der Waals surface area (Å²) in [5, 5.41) is 7.91. The summed E-state index contributed by atoms with van der Waals surface area (Å²) in [5.41, 5.74) is 6.29. The largest absolute Gasteiger partial charge is 0.368 e. The number of carbonyl (C=O) groups excluding carboxylic acids is 1. The maximum Gasteiger partial charge on any atom is 0.227 e. The molecule has 38 heavy (non-hydrogen) atoms. The Bertz CT molecular complexity index is 1380.